The summed E-state index contributed by atoms with van der Waals surface area (Å²) in [4.78, 5) is 4.58. The molecule has 0 aliphatic carbocycles. The summed E-state index contributed by atoms with van der Waals surface area (Å²) in [5, 5.41) is 0. The number of methoxy groups -OCH3 is 1. The monoisotopic (exact) mass is 243 g/mol. The minimum absolute atomic E-state index is 0.484. The van der Waals surface area contributed by atoms with Crippen LogP contribution < -0.4 is 0 Å². The number of para-hydroxylation sites is 1. The van der Waals surface area contributed by atoms with Crippen molar-refractivity contribution in [1.29, 1.82) is 0 Å². The van der Waals surface area contributed by atoms with Gasteiger partial charge in [0.2, 0.25) is 0 Å². The van der Waals surface area contributed by atoms with Gasteiger partial charge >= 0.3 is 0 Å². The molecule has 0 fully saturated rings. The fourth-order valence-electron chi connectivity index (χ4n) is 1.72. The molecule has 0 radical (unpaired) electrons. The molecule has 2 aromatic rings. The van der Waals surface area contributed by atoms with Gasteiger partial charge in [-0.2, -0.15) is 0 Å². The maximum absolute atomic E-state index is 5.64. The second kappa shape index (κ2) is 5.65. The molecule has 0 aliphatic rings. The molecule has 0 saturated heterocycles. The second-order valence-corrected chi connectivity index (χ2v) is 4.18. The van der Waals surface area contributed by atoms with Crippen LogP contribution in [-0.2, 0) is 11.3 Å². The van der Waals surface area contributed by atoms with Crippen LogP contribution in [0.4, 0.5) is 5.69 Å². The summed E-state index contributed by atoms with van der Waals surface area (Å²) in [6.07, 6.45) is 0. The van der Waals surface area contributed by atoms with Crippen LogP contribution in [0.5, 0.6) is 0 Å². The quantitative estimate of drug-likeness (QED) is 0.764. The van der Waals surface area contributed by atoms with E-state index in [-0.39, 0.29) is 0 Å². The molecule has 0 aliphatic heterocycles. The fraction of sp³-hybridized carbons (Fsp3) is 0.267. The third-order valence-corrected chi connectivity index (χ3v) is 2.71. The lowest BCUT2D eigenvalue weighted by atomic mass is 10.2. The second-order valence-electron chi connectivity index (χ2n) is 4.18. The number of furan rings is 1. The molecule has 1 heterocycles. The lowest BCUT2D eigenvalue weighted by Gasteiger charge is -2.01. The van der Waals surface area contributed by atoms with Gasteiger partial charge in [-0.15, -0.1) is 0 Å². The van der Waals surface area contributed by atoms with E-state index in [0.717, 1.165) is 28.5 Å². The Labute approximate surface area is 107 Å². The number of aliphatic imine (C=N–C) groups is 1. The predicted molar refractivity (Wildman–Crippen MR) is 72.5 cm³/mol. The highest BCUT2D eigenvalue weighted by Gasteiger charge is 2.05. The minimum Gasteiger partial charge on any atom is -0.457 e. The fourth-order valence-corrected chi connectivity index (χ4v) is 1.72. The lowest BCUT2D eigenvalue weighted by Crippen LogP contribution is -1.91. The van der Waals surface area contributed by atoms with Crippen LogP contribution in [0.25, 0.3) is 0 Å². The van der Waals surface area contributed by atoms with E-state index >= 15 is 0 Å². The Morgan fingerprint density at radius 3 is 2.72 bits per heavy atom. The van der Waals surface area contributed by atoms with Crippen LogP contribution in [0.15, 0.2) is 45.8 Å². The lowest BCUT2D eigenvalue weighted by molar-refractivity contribution is 0.164. The summed E-state index contributed by atoms with van der Waals surface area (Å²) in [5.74, 6) is 1.59. The van der Waals surface area contributed by atoms with Crippen LogP contribution in [0.1, 0.15) is 24.0 Å². The number of nitrogens with zero attached hydrogens (tertiary/aromatic N) is 1. The molecule has 0 spiro atoms. The molecular weight excluding hydrogens is 226 g/mol. The molecule has 18 heavy (non-hydrogen) atoms. The molecule has 2 rings (SSSR count). The molecule has 0 saturated carbocycles. The molecule has 1 aromatic carbocycles. The zero-order valence-electron chi connectivity index (χ0n) is 10.9. The van der Waals surface area contributed by atoms with Crippen molar-refractivity contribution in [2.24, 2.45) is 4.99 Å². The molecule has 0 unspecified atom stereocenters. The molecule has 0 N–H and O–H groups in total. The first kappa shape index (κ1) is 12.6. The van der Waals surface area contributed by atoms with Gasteiger partial charge in [0.25, 0.3) is 0 Å². The topological polar surface area (TPSA) is 34.7 Å². The Morgan fingerprint density at radius 2 is 2.00 bits per heavy atom. The van der Waals surface area contributed by atoms with Crippen molar-refractivity contribution in [2.75, 3.05) is 7.11 Å². The zero-order chi connectivity index (χ0) is 13.0. The van der Waals surface area contributed by atoms with Gasteiger partial charge in [0.05, 0.1) is 11.4 Å². The van der Waals surface area contributed by atoms with E-state index in [4.69, 9.17) is 9.15 Å². The summed E-state index contributed by atoms with van der Waals surface area (Å²) < 4.78 is 10.7. The first-order valence-corrected chi connectivity index (χ1v) is 5.89. The van der Waals surface area contributed by atoms with Crippen molar-refractivity contribution >= 4 is 11.4 Å². The number of hydrogen-bond acceptors (Lipinski definition) is 3. The van der Waals surface area contributed by atoms with Gasteiger partial charge in [-0.1, -0.05) is 18.2 Å². The van der Waals surface area contributed by atoms with E-state index in [1.807, 2.05) is 50.2 Å². The van der Waals surface area contributed by atoms with Crippen molar-refractivity contribution in [1.82, 2.24) is 0 Å². The van der Waals surface area contributed by atoms with Gasteiger partial charge < -0.3 is 9.15 Å². The third kappa shape index (κ3) is 2.87. The van der Waals surface area contributed by atoms with E-state index in [1.54, 1.807) is 7.11 Å². The van der Waals surface area contributed by atoms with Crippen LogP contribution >= 0.6 is 0 Å². The van der Waals surface area contributed by atoms with Crippen molar-refractivity contribution in [3.05, 3.63) is 53.5 Å². The number of hydrogen-bond donors (Lipinski definition) is 0. The van der Waals surface area contributed by atoms with Crippen LogP contribution in [0.2, 0.25) is 0 Å². The molecule has 94 valence electrons. The summed E-state index contributed by atoms with van der Waals surface area (Å²) in [6, 6.07) is 11.9. The minimum atomic E-state index is 0.484. The van der Waals surface area contributed by atoms with Crippen LogP contribution in [0, 0.1) is 6.92 Å². The van der Waals surface area contributed by atoms with Crippen molar-refractivity contribution in [3.8, 4) is 0 Å². The van der Waals surface area contributed by atoms with Gasteiger partial charge in [-0.25, -0.2) is 4.99 Å². The normalized spacial score (nSPS) is 11.8. The Morgan fingerprint density at radius 1 is 1.22 bits per heavy atom. The summed E-state index contributed by atoms with van der Waals surface area (Å²) in [5.41, 5.74) is 2.99. The molecule has 0 bridgehead atoms. The number of rotatable bonds is 4. The molecular formula is C15H17NO2. The molecule has 0 amide bonds. The highest BCUT2D eigenvalue weighted by molar-refractivity contribution is 5.98. The van der Waals surface area contributed by atoms with E-state index in [0.29, 0.717) is 6.61 Å². The van der Waals surface area contributed by atoms with Crippen LogP contribution in [0.3, 0.4) is 0 Å². The Bertz CT molecular complexity index is 555. The average molecular weight is 243 g/mol. The maximum atomic E-state index is 5.64. The SMILES string of the molecule is COCc1ccc(C(C)=Nc2ccccc2C)o1. The summed E-state index contributed by atoms with van der Waals surface area (Å²) in [7, 11) is 1.65. The zero-order valence-corrected chi connectivity index (χ0v) is 10.9. The third-order valence-electron chi connectivity index (χ3n) is 2.71. The number of benzene rings is 1. The van der Waals surface area contributed by atoms with Gasteiger partial charge in [0.15, 0.2) is 0 Å². The first-order valence-electron chi connectivity index (χ1n) is 5.89. The highest BCUT2D eigenvalue weighted by Crippen LogP contribution is 2.19. The largest absolute Gasteiger partial charge is 0.457 e. The molecule has 1 aromatic heterocycles. The van der Waals surface area contributed by atoms with Crippen molar-refractivity contribution in [3.63, 3.8) is 0 Å². The van der Waals surface area contributed by atoms with E-state index < -0.39 is 0 Å². The van der Waals surface area contributed by atoms with Gasteiger partial charge in [0, 0.05) is 7.11 Å². The van der Waals surface area contributed by atoms with E-state index in [2.05, 4.69) is 4.99 Å². The first-order chi connectivity index (χ1) is 8.70. The molecule has 3 nitrogen and oxygen atoms in total. The standard InChI is InChI=1S/C15H17NO2/c1-11-6-4-5-7-14(11)16-12(2)15-9-8-13(18-15)10-17-3/h4-9H,10H2,1-3H3. The van der Waals surface area contributed by atoms with Gasteiger partial charge in [-0.05, 0) is 37.6 Å². The molecule has 3 heteroatoms. The Kier molecular flexibility index (Phi) is 3.95. The Hall–Kier alpha value is -1.87. The Balaban J connectivity index is 2.24. The van der Waals surface area contributed by atoms with Crippen molar-refractivity contribution in [2.45, 2.75) is 20.5 Å². The van der Waals surface area contributed by atoms with E-state index in [1.165, 1.54) is 0 Å². The maximum Gasteiger partial charge on any atom is 0.148 e. The summed E-state index contributed by atoms with van der Waals surface area (Å²) >= 11 is 0. The average Bonchev–Trinajstić information content (AvgIpc) is 2.81. The van der Waals surface area contributed by atoms with Crippen molar-refractivity contribution < 1.29 is 9.15 Å². The predicted octanol–water partition coefficient (Wildman–Crippen LogP) is 3.88. The molecule has 0 atom stereocenters. The summed E-state index contributed by atoms with van der Waals surface area (Å²) in [6.45, 7) is 4.48. The van der Waals surface area contributed by atoms with E-state index in [9.17, 15) is 0 Å². The van der Waals surface area contributed by atoms with Gasteiger partial charge in [-0.3, -0.25) is 0 Å². The smallest absolute Gasteiger partial charge is 0.148 e. The highest BCUT2D eigenvalue weighted by atomic mass is 16.5. The number of aryl methyl sites for hydroxylation is 1. The number of ether oxygens (including phenoxy) is 1. The van der Waals surface area contributed by atoms with Gasteiger partial charge in [0.1, 0.15) is 18.1 Å². The van der Waals surface area contributed by atoms with Crippen LogP contribution in [-0.4, -0.2) is 12.8 Å².